The minimum absolute atomic E-state index is 0.0770. The molecule has 5 N–H and O–H groups in total. The van der Waals surface area contributed by atoms with E-state index in [4.69, 9.17) is 34.7 Å². The van der Waals surface area contributed by atoms with Gasteiger partial charge in [0.2, 0.25) is 5.95 Å². The van der Waals surface area contributed by atoms with Crippen LogP contribution in [0.25, 0.3) is 22.6 Å². The second kappa shape index (κ2) is 6.74. The molecule has 2 aromatic heterocycles. The fraction of sp³-hybridized carbons (Fsp3) is 0.118. The monoisotopic (exact) mass is 375 g/mol. The van der Waals surface area contributed by atoms with Crippen molar-refractivity contribution in [1.29, 1.82) is 0 Å². The molecular formula is C17H15Cl2N5O. The average Bonchev–Trinajstić information content (AvgIpc) is 3.02. The minimum atomic E-state index is -0.572. The van der Waals surface area contributed by atoms with E-state index in [1.807, 2.05) is 13.0 Å². The van der Waals surface area contributed by atoms with Crippen LogP contribution in [-0.4, -0.2) is 20.9 Å². The molecule has 3 aromatic rings. The minimum Gasteiger partial charge on any atom is -0.368 e. The number of benzene rings is 1. The van der Waals surface area contributed by atoms with Crippen LogP contribution in [0.3, 0.4) is 0 Å². The molecule has 2 heterocycles. The first-order valence-corrected chi connectivity index (χ1v) is 8.26. The Morgan fingerprint density at radius 3 is 2.72 bits per heavy atom. The molecule has 0 fully saturated rings. The van der Waals surface area contributed by atoms with Crippen molar-refractivity contribution in [3.8, 4) is 22.6 Å². The third kappa shape index (κ3) is 3.31. The number of halogens is 2. The van der Waals surface area contributed by atoms with Crippen LogP contribution in [0, 0.1) is 0 Å². The molecule has 0 saturated heterocycles. The summed E-state index contributed by atoms with van der Waals surface area (Å²) in [5, 5.41) is 0.864. The number of nitrogens with zero attached hydrogens (tertiary/aromatic N) is 2. The molecule has 0 radical (unpaired) electrons. The van der Waals surface area contributed by atoms with Crippen LogP contribution in [-0.2, 0) is 6.42 Å². The molecule has 0 spiro atoms. The van der Waals surface area contributed by atoms with E-state index in [0.29, 0.717) is 32.7 Å². The zero-order chi connectivity index (χ0) is 18.1. The van der Waals surface area contributed by atoms with Gasteiger partial charge in [0, 0.05) is 10.6 Å². The second-order valence-electron chi connectivity index (χ2n) is 5.42. The van der Waals surface area contributed by atoms with Gasteiger partial charge in [-0.25, -0.2) is 9.97 Å². The van der Waals surface area contributed by atoms with Gasteiger partial charge in [0.1, 0.15) is 5.69 Å². The molecule has 0 unspecified atom stereocenters. The van der Waals surface area contributed by atoms with Crippen LogP contribution >= 0.6 is 23.2 Å². The number of anilines is 1. The standard InChI is InChI=1S/C17H15Cl2N5O/c1-2-8-3-4-9(18)5-10(8)14-11(16(20)25)6-13(23-14)15-12(19)7-22-17(21)24-15/h3-7,23H,2H2,1H3,(H2,20,25)(H2,21,22,24). The van der Waals surface area contributed by atoms with Gasteiger partial charge in [-0.3, -0.25) is 4.79 Å². The van der Waals surface area contributed by atoms with Crippen LogP contribution in [0.4, 0.5) is 5.95 Å². The number of aromatic amines is 1. The summed E-state index contributed by atoms with van der Waals surface area (Å²) in [6.07, 6.45) is 2.17. The molecule has 25 heavy (non-hydrogen) atoms. The SMILES string of the molecule is CCc1ccc(Cl)cc1-c1[nH]c(-c2nc(N)ncc2Cl)cc1C(N)=O. The van der Waals surface area contributed by atoms with Gasteiger partial charge in [0.05, 0.1) is 28.2 Å². The molecule has 1 amide bonds. The van der Waals surface area contributed by atoms with Gasteiger partial charge in [0.15, 0.2) is 0 Å². The topological polar surface area (TPSA) is 111 Å². The summed E-state index contributed by atoms with van der Waals surface area (Å²) in [5.74, 6) is -0.495. The summed E-state index contributed by atoms with van der Waals surface area (Å²) in [6, 6.07) is 7.11. The van der Waals surface area contributed by atoms with Gasteiger partial charge in [-0.05, 0) is 30.2 Å². The maximum atomic E-state index is 12.0. The molecule has 0 atom stereocenters. The Labute approximate surface area is 154 Å². The fourth-order valence-electron chi connectivity index (χ4n) is 2.65. The van der Waals surface area contributed by atoms with Crippen molar-refractivity contribution in [1.82, 2.24) is 15.0 Å². The van der Waals surface area contributed by atoms with Crippen LogP contribution < -0.4 is 11.5 Å². The lowest BCUT2D eigenvalue weighted by atomic mass is 10.00. The summed E-state index contributed by atoms with van der Waals surface area (Å²) in [5.41, 5.74) is 14.8. The quantitative estimate of drug-likeness (QED) is 0.645. The summed E-state index contributed by atoms with van der Waals surface area (Å²) in [4.78, 5) is 23.1. The maximum Gasteiger partial charge on any atom is 0.250 e. The van der Waals surface area contributed by atoms with Gasteiger partial charge in [-0.1, -0.05) is 36.2 Å². The van der Waals surface area contributed by atoms with E-state index in [2.05, 4.69) is 15.0 Å². The Balaban J connectivity index is 2.25. The van der Waals surface area contributed by atoms with Crippen molar-refractivity contribution in [3.05, 3.63) is 51.6 Å². The maximum absolute atomic E-state index is 12.0. The molecule has 0 bridgehead atoms. The highest BCUT2D eigenvalue weighted by Gasteiger charge is 2.20. The Morgan fingerprint density at radius 1 is 1.28 bits per heavy atom. The van der Waals surface area contributed by atoms with Crippen molar-refractivity contribution < 1.29 is 4.79 Å². The van der Waals surface area contributed by atoms with Crippen molar-refractivity contribution in [3.63, 3.8) is 0 Å². The highest BCUT2D eigenvalue weighted by molar-refractivity contribution is 6.33. The zero-order valence-corrected chi connectivity index (χ0v) is 14.8. The Morgan fingerprint density at radius 2 is 2.04 bits per heavy atom. The number of hydrogen-bond donors (Lipinski definition) is 3. The highest BCUT2D eigenvalue weighted by Crippen LogP contribution is 2.34. The number of primary amides is 1. The predicted molar refractivity (Wildman–Crippen MR) is 99.6 cm³/mol. The number of aromatic nitrogens is 3. The third-order valence-corrected chi connectivity index (χ3v) is 4.33. The first kappa shape index (κ1) is 17.3. The van der Waals surface area contributed by atoms with E-state index in [1.165, 1.54) is 6.20 Å². The summed E-state index contributed by atoms with van der Waals surface area (Å²) >= 11 is 12.3. The molecule has 6 nitrogen and oxygen atoms in total. The number of hydrogen-bond acceptors (Lipinski definition) is 4. The number of nitrogen functional groups attached to an aromatic ring is 1. The second-order valence-corrected chi connectivity index (χ2v) is 6.26. The summed E-state index contributed by atoms with van der Waals surface area (Å²) < 4.78 is 0. The molecule has 1 aromatic carbocycles. The van der Waals surface area contributed by atoms with Gasteiger partial charge in [0.25, 0.3) is 5.91 Å². The molecule has 128 valence electrons. The largest absolute Gasteiger partial charge is 0.368 e. The predicted octanol–water partition coefficient (Wildman–Crippen LogP) is 3.69. The number of rotatable bonds is 4. The number of nitrogens with one attached hydrogen (secondary N) is 1. The highest BCUT2D eigenvalue weighted by atomic mass is 35.5. The molecule has 0 aliphatic rings. The fourth-order valence-corrected chi connectivity index (χ4v) is 3.01. The zero-order valence-electron chi connectivity index (χ0n) is 13.3. The number of aryl methyl sites for hydroxylation is 1. The van der Waals surface area contributed by atoms with Crippen LogP contribution in [0.5, 0.6) is 0 Å². The Kier molecular flexibility index (Phi) is 4.65. The summed E-state index contributed by atoms with van der Waals surface area (Å²) in [7, 11) is 0. The first-order chi connectivity index (χ1) is 11.9. The lowest BCUT2D eigenvalue weighted by Crippen LogP contribution is -2.11. The Hall–Kier alpha value is -2.57. The normalized spacial score (nSPS) is 10.8. The van der Waals surface area contributed by atoms with Crippen LogP contribution in [0.2, 0.25) is 10.0 Å². The van der Waals surface area contributed by atoms with E-state index < -0.39 is 5.91 Å². The number of nitrogens with two attached hydrogens (primary N) is 2. The number of carbonyl (C=O) groups is 1. The lowest BCUT2D eigenvalue weighted by molar-refractivity contribution is 0.100. The smallest absolute Gasteiger partial charge is 0.250 e. The summed E-state index contributed by atoms with van der Waals surface area (Å²) in [6.45, 7) is 2.02. The van der Waals surface area contributed by atoms with Gasteiger partial charge in [-0.2, -0.15) is 0 Å². The molecule has 8 heteroatoms. The number of carbonyl (C=O) groups excluding carboxylic acids is 1. The van der Waals surface area contributed by atoms with E-state index in [9.17, 15) is 4.79 Å². The van der Waals surface area contributed by atoms with Crippen LogP contribution in [0.1, 0.15) is 22.8 Å². The average molecular weight is 376 g/mol. The third-order valence-electron chi connectivity index (χ3n) is 3.82. The van der Waals surface area contributed by atoms with E-state index >= 15 is 0 Å². The number of H-pyrrole nitrogens is 1. The van der Waals surface area contributed by atoms with Crippen molar-refractivity contribution in [2.24, 2.45) is 5.73 Å². The molecule has 3 rings (SSSR count). The van der Waals surface area contributed by atoms with E-state index in [0.717, 1.165) is 17.5 Å². The molecule has 0 saturated carbocycles. The van der Waals surface area contributed by atoms with Crippen molar-refractivity contribution in [2.45, 2.75) is 13.3 Å². The van der Waals surface area contributed by atoms with E-state index in [-0.39, 0.29) is 5.95 Å². The van der Waals surface area contributed by atoms with Gasteiger partial charge in [-0.15, -0.1) is 0 Å². The van der Waals surface area contributed by atoms with E-state index in [1.54, 1.807) is 18.2 Å². The molecule has 0 aliphatic carbocycles. The van der Waals surface area contributed by atoms with Crippen molar-refractivity contribution in [2.75, 3.05) is 5.73 Å². The van der Waals surface area contributed by atoms with Gasteiger partial charge < -0.3 is 16.5 Å². The molecule has 0 aliphatic heterocycles. The molecular weight excluding hydrogens is 361 g/mol. The number of amides is 1. The van der Waals surface area contributed by atoms with Gasteiger partial charge >= 0.3 is 0 Å². The Bertz CT molecular complexity index is 968. The van der Waals surface area contributed by atoms with Crippen LogP contribution in [0.15, 0.2) is 30.5 Å². The van der Waals surface area contributed by atoms with Crippen molar-refractivity contribution >= 4 is 35.1 Å². The first-order valence-electron chi connectivity index (χ1n) is 7.50. The lowest BCUT2D eigenvalue weighted by Gasteiger charge is -2.09.